The molecule has 1 unspecified atom stereocenters. The Hall–Kier alpha value is -3.27. The highest BCUT2D eigenvalue weighted by molar-refractivity contribution is 5.83. The van der Waals surface area contributed by atoms with Crippen molar-refractivity contribution >= 4 is 5.91 Å². The van der Waals surface area contributed by atoms with Crippen molar-refractivity contribution in [3.8, 4) is 11.5 Å². The lowest BCUT2D eigenvalue weighted by Crippen LogP contribution is -2.34. The van der Waals surface area contributed by atoms with Crippen molar-refractivity contribution in [3.63, 3.8) is 0 Å². The molecule has 0 bridgehead atoms. The van der Waals surface area contributed by atoms with Crippen LogP contribution < -0.4 is 9.47 Å². The van der Waals surface area contributed by atoms with Gasteiger partial charge in [0.1, 0.15) is 0 Å². The minimum absolute atomic E-state index is 0.139. The Balaban J connectivity index is 1.61. The molecular formula is C25H25NO3. The first-order valence-electron chi connectivity index (χ1n) is 10.0. The Bertz CT molecular complexity index is 956. The summed E-state index contributed by atoms with van der Waals surface area (Å²) in [4.78, 5) is 15.5. The van der Waals surface area contributed by atoms with Crippen molar-refractivity contribution < 1.29 is 14.3 Å². The zero-order chi connectivity index (χ0) is 20.1. The van der Waals surface area contributed by atoms with Crippen LogP contribution in [0.25, 0.3) is 0 Å². The van der Waals surface area contributed by atoms with Gasteiger partial charge in [0, 0.05) is 13.1 Å². The molecule has 4 rings (SSSR count). The SMILES string of the molecule is CCC(C(=O)N(Cc1ccccc1)Cc1ccc2c(c1)OCO2)c1ccccc1. The molecule has 0 N–H and O–H groups in total. The number of ether oxygens (including phenoxy) is 2. The van der Waals surface area contributed by atoms with Crippen molar-refractivity contribution in [3.05, 3.63) is 95.6 Å². The van der Waals surface area contributed by atoms with E-state index in [1.165, 1.54) is 0 Å². The van der Waals surface area contributed by atoms with Crippen LogP contribution in [0, 0.1) is 0 Å². The van der Waals surface area contributed by atoms with Gasteiger partial charge in [0.05, 0.1) is 5.92 Å². The summed E-state index contributed by atoms with van der Waals surface area (Å²) < 4.78 is 10.9. The van der Waals surface area contributed by atoms with Gasteiger partial charge in [-0.2, -0.15) is 0 Å². The minimum Gasteiger partial charge on any atom is -0.454 e. The van der Waals surface area contributed by atoms with E-state index in [4.69, 9.17) is 9.47 Å². The van der Waals surface area contributed by atoms with Crippen molar-refractivity contribution in [1.82, 2.24) is 4.90 Å². The maximum absolute atomic E-state index is 13.6. The van der Waals surface area contributed by atoms with Crippen LogP contribution in [0.15, 0.2) is 78.9 Å². The number of fused-ring (bicyclic) bond motifs is 1. The monoisotopic (exact) mass is 387 g/mol. The molecule has 4 nitrogen and oxygen atoms in total. The molecule has 0 saturated carbocycles. The Morgan fingerprint density at radius 2 is 1.52 bits per heavy atom. The zero-order valence-corrected chi connectivity index (χ0v) is 16.6. The average molecular weight is 387 g/mol. The van der Waals surface area contributed by atoms with Gasteiger partial charge in [-0.1, -0.05) is 73.7 Å². The highest BCUT2D eigenvalue weighted by atomic mass is 16.7. The van der Waals surface area contributed by atoms with Crippen molar-refractivity contribution in [2.75, 3.05) is 6.79 Å². The molecule has 0 radical (unpaired) electrons. The van der Waals surface area contributed by atoms with Crippen LogP contribution in [-0.4, -0.2) is 17.6 Å². The predicted octanol–water partition coefficient (Wildman–Crippen LogP) is 5.14. The number of carbonyl (C=O) groups is 1. The number of hydrogen-bond acceptors (Lipinski definition) is 3. The van der Waals surface area contributed by atoms with Gasteiger partial charge in [-0.25, -0.2) is 0 Å². The molecule has 1 amide bonds. The third-order valence-electron chi connectivity index (χ3n) is 5.25. The average Bonchev–Trinajstić information content (AvgIpc) is 3.23. The number of benzene rings is 3. The second-order valence-electron chi connectivity index (χ2n) is 7.24. The molecule has 3 aromatic carbocycles. The van der Waals surface area contributed by atoms with E-state index >= 15 is 0 Å². The summed E-state index contributed by atoms with van der Waals surface area (Å²) >= 11 is 0. The first-order valence-corrected chi connectivity index (χ1v) is 10.0. The fourth-order valence-electron chi connectivity index (χ4n) is 3.73. The highest BCUT2D eigenvalue weighted by Crippen LogP contribution is 2.33. The maximum Gasteiger partial charge on any atom is 0.231 e. The molecule has 0 fully saturated rings. The first kappa shape index (κ1) is 19.1. The van der Waals surface area contributed by atoms with Crippen molar-refractivity contribution in [1.29, 1.82) is 0 Å². The molecular weight excluding hydrogens is 362 g/mol. The standard InChI is InChI=1S/C25H25NO3/c1-2-22(21-11-7-4-8-12-21)25(27)26(16-19-9-5-3-6-10-19)17-20-13-14-23-24(15-20)29-18-28-23/h3-15,22H,2,16-18H2,1H3. The van der Waals surface area contributed by atoms with Crippen LogP contribution in [0.3, 0.4) is 0 Å². The summed E-state index contributed by atoms with van der Waals surface area (Å²) in [7, 11) is 0. The van der Waals surface area contributed by atoms with Gasteiger partial charge in [-0.15, -0.1) is 0 Å². The molecule has 29 heavy (non-hydrogen) atoms. The number of carbonyl (C=O) groups excluding carboxylic acids is 1. The van der Waals surface area contributed by atoms with E-state index in [-0.39, 0.29) is 18.6 Å². The summed E-state index contributed by atoms with van der Waals surface area (Å²) in [5.41, 5.74) is 3.20. The van der Waals surface area contributed by atoms with Crippen molar-refractivity contribution in [2.45, 2.75) is 32.4 Å². The molecule has 1 heterocycles. The molecule has 1 atom stereocenters. The molecule has 4 heteroatoms. The second-order valence-corrected chi connectivity index (χ2v) is 7.24. The Kier molecular flexibility index (Phi) is 5.80. The van der Waals surface area contributed by atoms with Gasteiger partial charge >= 0.3 is 0 Å². The highest BCUT2D eigenvalue weighted by Gasteiger charge is 2.25. The summed E-state index contributed by atoms with van der Waals surface area (Å²) in [6.07, 6.45) is 0.759. The predicted molar refractivity (Wildman–Crippen MR) is 113 cm³/mol. The van der Waals surface area contributed by atoms with Gasteiger partial charge in [0.25, 0.3) is 0 Å². The van der Waals surface area contributed by atoms with E-state index in [9.17, 15) is 4.79 Å². The Labute approximate surface area is 171 Å². The van der Waals surface area contributed by atoms with Gasteiger partial charge in [-0.05, 0) is 35.2 Å². The second kappa shape index (κ2) is 8.82. The number of amides is 1. The van der Waals surface area contributed by atoms with Crippen LogP contribution in [0.5, 0.6) is 11.5 Å². The summed E-state index contributed by atoms with van der Waals surface area (Å²) in [6, 6.07) is 26.0. The van der Waals surface area contributed by atoms with Gasteiger partial charge in [0.15, 0.2) is 11.5 Å². The van der Waals surface area contributed by atoms with Gasteiger partial charge in [0.2, 0.25) is 12.7 Å². The number of nitrogens with zero attached hydrogens (tertiary/aromatic N) is 1. The molecule has 3 aromatic rings. The molecule has 148 valence electrons. The van der Waals surface area contributed by atoms with E-state index in [1.54, 1.807) is 0 Å². The van der Waals surface area contributed by atoms with Crippen LogP contribution >= 0.6 is 0 Å². The maximum atomic E-state index is 13.6. The molecule has 1 aliphatic heterocycles. The largest absolute Gasteiger partial charge is 0.454 e. The molecule has 0 saturated heterocycles. The fraction of sp³-hybridized carbons (Fsp3) is 0.240. The summed E-state index contributed by atoms with van der Waals surface area (Å²) in [5.74, 6) is 1.48. The lowest BCUT2D eigenvalue weighted by atomic mass is 9.94. The van der Waals surface area contributed by atoms with Gasteiger partial charge in [-0.3, -0.25) is 4.79 Å². The van der Waals surface area contributed by atoms with Gasteiger partial charge < -0.3 is 14.4 Å². The normalized spacial score (nSPS) is 13.1. The smallest absolute Gasteiger partial charge is 0.231 e. The fourth-order valence-corrected chi connectivity index (χ4v) is 3.73. The number of hydrogen-bond donors (Lipinski definition) is 0. The van der Waals surface area contributed by atoms with Crippen LogP contribution in [0.4, 0.5) is 0 Å². The van der Waals surface area contributed by atoms with Crippen molar-refractivity contribution in [2.24, 2.45) is 0 Å². The van der Waals surface area contributed by atoms with E-state index in [2.05, 4.69) is 19.1 Å². The zero-order valence-electron chi connectivity index (χ0n) is 16.6. The van der Waals surface area contributed by atoms with Crippen LogP contribution in [0.2, 0.25) is 0 Å². The van der Waals surface area contributed by atoms with E-state index in [0.717, 1.165) is 34.6 Å². The van der Waals surface area contributed by atoms with Crippen LogP contribution in [0.1, 0.15) is 36.0 Å². The summed E-state index contributed by atoms with van der Waals surface area (Å²) in [6.45, 7) is 3.40. The number of rotatable bonds is 7. The lowest BCUT2D eigenvalue weighted by molar-refractivity contribution is -0.134. The van der Waals surface area contributed by atoms with Crippen LogP contribution in [-0.2, 0) is 17.9 Å². The molecule has 0 aromatic heterocycles. The Morgan fingerprint density at radius 1 is 0.862 bits per heavy atom. The van der Waals surface area contributed by atoms with E-state index in [1.807, 2.05) is 71.6 Å². The third-order valence-corrected chi connectivity index (χ3v) is 5.25. The summed E-state index contributed by atoms with van der Waals surface area (Å²) in [5, 5.41) is 0. The first-order chi connectivity index (χ1) is 14.2. The third kappa shape index (κ3) is 4.43. The van der Waals surface area contributed by atoms with E-state index < -0.39 is 0 Å². The molecule has 0 spiro atoms. The minimum atomic E-state index is -0.158. The Morgan fingerprint density at radius 3 is 2.24 bits per heavy atom. The van der Waals surface area contributed by atoms with E-state index in [0.29, 0.717) is 13.1 Å². The quantitative estimate of drug-likeness (QED) is 0.564. The molecule has 0 aliphatic carbocycles. The lowest BCUT2D eigenvalue weighted by Gasteiger charge is -2.28. The molecule has 1 aliphatic rings. The topological polar surface area (TPSA) is 38.8 Å².